The standard InChI is InChI=1S/C13H16ClN3O/c1-10(7-15)8-17(2)9-13(18)16-12-5-3-4-11(14)6-12/h3-6,10H,8-9H2,1-2H3,(H,16,18). The minimum atomic E-state index is -0.120. The van der Waals surface area contributed by atoms with Gasteiger partial charge in [0.15, 0.2) is 0 Å². The molecule has 0 heterocycles. The Kier molecular flexibility index (Phi) is 5.63. The van der Waals surface area contributed by atoms with Crippen molar-refractivity contribution in [2.24, 2.45) is 5.92 Å². The van der Waals surface area contributed by atoms with Gasteiger partial charge < -0.3 is 5.32 Å². The molecule has 18 heavy (non-hydrogen) atoms. The Bertz CT molecular complexity index is 456. The van der Waals surface area contributed by atoms with Crippen molar-refractivity contribution in [3.05, 3.63) is 29.3 Å². The van der Waals surface area contributed by atoms with Crippen LogP contribution in [0.3, 0.4) is 0 Å². The van der Waals surface area contributed by atoms with Crippen LogP contribution in [-0.2, 0) is 4.79 Å². The minimum Gasteiger partial charge on any atom is -0.325 e. The Hall–Kier alpha value is -1.57. The van der Waals surface area contributed by atoms with Crippen molar-refractivity contribution in [2.75, 3.05) is 25.5 Å². The van der Waals surface area contributed by atoms with Gasteiger partial charge in [-0.05, 0) is 32.2 Å². The molecule has 1 rings (SSSR count). The smallest absolute Gasteiger partial charge is 0.238 e. The molecule has 1 amide bonds. The number of carbonyl (C=O) groups is 1. The van der Waals surface area contributed by atoms with Crippen LogP contribution < -0.4 is 5.32 Å². The molecular weight excluding hydrogens is 250 g/mol. The van der Waals surface area contributed by atoms with Crippen molar-refractivity contribution < 1.29 is 4.79 Å². The van der Waals surface area contributed by atoms with Gasteiger partial charge in [-0.25, -0.2) is 0 Å². The lowest BCUT2D eigenvalue weighted by atomic mass is 10.2. The highest BCUT2D eigenvalue weighted by molar-refractivity contribution is 6.30. The lowest BCUT2D eigenvalue weighted by Crippen LogP contribution is -2.32. The maximum atomic E-state index is 11.7. The van der Waals surface area contributed by atoms with Crippen LogP contribution >= 0.6 is 11.6 Å². The molecule has 0 saturated heterocycles. The number of nitrogens with zero attached hydrogens (tertiary/aromatic N) is 2. The Labute approximate surface area is 112 Å². The summed E-state index contributed by atoms with van der Waals surface area (Å²) in [5.74, 6) is -0.209. The summed E-state index contributed by atoms with van der Waals surface area (Å²) in [6, 6.07) is 9.13. The normalized spacial score (nSPS) is 11.9. The molecule has 96 valence electrons. The molecule has 1 atom stereocenters. The summed E-state index contributed by atoms with van der Waals surface area (Å²) >= 11 is 5.82. The van der Waals surface area contributed by atoms with Crippen LogP contribution in [0.5, 0.6) is 0 Å². The molecule has 0 radical (unpaired) electrons. The first kappa shape index (κ1) is 14.5. The van der Waals surface area contributed by atoms with E-state index in [1.165, 1.54) is 0 Å². The summed E-state index contributed by atoms with van der Waals surface area (Å²) < 4.78 is 0. The van der Waals surface area contributed by atoms with E-state index in [1.54, 1.807) is 24.3 Å². The third kappa shape index (κ3) is 5.17. The number of rotatable bonds is 5. The molecule has 0 aromatic heterocycles. The quantitative estimate of drug-likeness (QED) is 0.889. The zero-order valence-electron chi connectivity index (χ0n) is 10.5. The Morgan fingerprint density at radius 2 is 2.33 bits per heavy atom. The second kappa shape index (κ2) is 7.00. The number of nitriles is 1. The summed E-state index contributed by atoms with van der Waals surface area (Å²) in [6.45, 7) is 2.64. The Morgan fingerprint density at radius 3 is 2.94 bits per heavy atom. The number of likely N-dealkylation sites (N-methyl/N-ethyl adjacent to an activating group) is 1. The van der Waals surface area contributed by atoms with Crippen LogP contribution in [0.1, 0.15) is 6.92 Å². The van der Waals surface area contributed by atoms with E-state index in [1.807, 2.05) is 18.9 Å². The van der Waals surface area contributed by atoms with E-state index in [0.717, 1.165) is 0 Å². The predicted octanol–water partition coefficient (Wildman–Crippen LogP) is 2.37. The Morgan fingerprint density at radius 1 is 1.61 bits per heavy atom. The van der Waals surface area contributed by atoms with Crippen LogP contribution in [0.25, 0.3) is 0 Å². The van der Waals surface area contributed by atoms with E-state index in [-0.39, 0.29) is 18.4 Å². The van der Waals surface area contributed by atoms with E-state index in [0.29, 0.717) is 17.3 Å². The van der Waals surface area contributed by atoms with Crippen LogP contribution in [0, 0.1) is 17.2 Å². The first-order chi connectivity index (χ1) is 8.51. The maximum Gasteiger partial charge on any atom is 0.238 e. The van der Waals surface area contributed by atoms with Crippen molar-refractivity contribution in [2.45, 2.75) is 6.92 Å². The summed E-state index contributed by atoms with van der Waals surface area (Å²) in [5, 5.41) is 12.0. The lowest BCUT2D eigenvalue weighted by molar-refractivity contribution is -0.117. The summed E-state index contributed by atoms with van der Waals surface area (Å²) in [5.41, 5.74) is 0.675. The number of benzene rings is 1. The second-order valence-electron chi connectivity index (χ2n) is 4.29. The first-order valence-electron chi connectivity index (χ1n) is 5.65. The van der Waals surface area contributed by atoms with Crippen LogP contribution in [0.4, 0.5) is 5.69 Å². The molecule has 0 aliphatic heterocycles. The van der Waals surface area contributed by atoms with Gasteiger partial charge in [0.2, 0.25) is 5.91 Å². The van der Waals surface area contributed by atoms with Crippen molar-refractivity contribution in [3.63, 3.8) is 0 Å². The van der Waals surface area contributed by atoms with Crippen molar-refractivity contribution in [1.29, 1.82) is 5.26 Å². The number of hydrogen-bond acceptors (Lipinski definition) is 3. The summed E-state index contributed by atoms with van der Waals surface area (Å²) in [4.78, 5) is 13.5. The van der Waals surface area contributed by atoms with Gasteiger partial charge in [0.25, 0.3) is 0 Å². The molecule has 1 aromatic rings. The minimum absolute atomic E-state index is 0.0889. The SMILES string of the molecule is CC(C#N)CN(C)CC(=O)Nc1cccc(Cl)c1. The van der Waals surface area contributed by atoms with Gasteiger partial charge in [0, 0.05) is 17.3 Å². The zero-order valence-corrected chi connectivity index (χ0v) is 11.2. The molecule has 0 spiro atoms. The number of carbonyl (C=O) groups excluding carboxylic acids is 1. The highest BCUT2D eigenvalue weighted by Crippen LogP contribution is 2.14. The molecule has 0 aliphatic carbocycles. The summed E-state index contributed by atoms with van der Waals surface area (Å²) in [6.07, 6.45) is 0. The van der Waals surface area contributed by atoms with Crippen molar-refractivity contribution >= 4 is 23.2 Å². The van der Waals surface area contributed by atoms with Crippen molar-refractivity contribution in [3.8, 4) is 6.07 Å². The molecule has 4 nitrogen and oxygen atoms in total. The highest BCUT2D eigenvalue weighted by atomic mass is 35.5. The number of hydrogen-bond donors (Lipinski definition) is 1. The van der Waals surface area contributed by atoms with E-state index in [2.05, 4.69) is 11.4 Å². The molecule has 0 saturated carbocycles. The first-order valence-corrected chi connectivity index (χ1v) is 6.02. The fraction of sp³-hybridized carbons (Fsp3) is 0.385. The largest absolute Gasteiger partial charge is 0.325 e. The molecular formula is C13H16ClN3O. The average Bonchev–Trinajstić information content (AvgIpc) is 2.28. The number of nitrogens with one attached hydrogen (secondary N) is 1. The third-order valence-electron chi connectivity index (χ3n) is 2.33. The van der Waals surface area contributed by atoms with E-state index < -0.39 is 0 Å². The van der Waals surface area contributed by atoms with Crippen LogP contribution in [0.15, 0.2) is 24.3 Å². The number of anilines is 1. The average molecular weight is 266 g/mol. The van der Waals surface area contributed by atoms with Gasteiger partial charge in [-0.3, -0.25) is 9.69 Å². The molecule has 5 heteroatoms. The monoisotopic (exact) mass is 265 g/mol. The van der Waals surface area contributed by atoms with Crippen LogP contribution in [-0.4, -0.2) is 30.9 Å². The lowest BCUT2D eigenvalue weighted by Gasteiger charge is -2.17. The van der Waals surface area contributed by atoms with Crippen LogP contribution in [0.2, 0.25) is 5.02 Å². The molecule has 1 aromatic carbocycles. The highest BCUT2D eigenvalue weighted by Gasteiger charge is 2.10. The van der Waals surface area contributed by atoms with E-state index in [4.69, 9.17) is 16.9 Å². The topological polar surface area (TPSA) is 56.1 Å². The molecule has 0 fully saturated rings. The number of amides is 1. The summed E-state index contributed by atoms with van der Waals surface area (Å²) in [7, 11) is 1.81. The van der Waals surface area contributed by atoms with Gasteiger partial charge in [-0.2, -0.15) is 5.26 Å². The molecule has 0 aliphatic rings. The van der Waals surface area contributed by atoms with Gasteiger partial charge in [-0.15, -0.1) is 0 Å². The Balaban J connectivity index is 2.45. The molecule has 0 bridgehead atoms. The van der Waals surface area contributed by atoms with Gasteiger partial charge >= 0.3 is 0 Å². The fourth-order valence-electron chi connectivity index (χ4n) is 1.58. The predicted molar refractivity (Wildman–Crippen MR) is 72.4 cm³/mol. The zero-order chi connectivity index (χ0) is 13.5. The van der Waals surface area contributed by atoms with Gasteiger partial charge in [-0.1, -0.05) is 17.7 Å². The third-order valence-corrected chi connectivity index (χ3v) is 2.56. The van der Waals surface area contributed by atoms with E-state index >= 15 is 0 Å². The fourth-order valence-corrected chi connectivity index (χ4v) is 1.78. The maximum absolute atomic E-state index is 11.7. The number of halogens is 1. The van der Waals surface area contributed by atoms with Gasteiger partial charge in [0.1, 0.15) is 0 Å². The van der Waals surface area contributed by atoms with E-state index in [9.17, 15) is 4.79 Å². The second-order valence-corrected chi connectivity index (χ2v) is 4.72. The van der Waals surface area contributed by atoms with Gasteiger partial charge in [0.05, 0.1) is 18.5 Å². The molecule has 1 N–H and O–H groups in total. The van der Waals surface area contributed by atoms with Crippen molar-refractivity contribution in [1.82, 2.24) is 4.90 Å². The molecule has 1 unspecified atom stereocenters.